The second-order valence-electron chi connectivity index (χ2n) is 6.13. The Balaban J connectivity index is 1.97. The van der Waals surface area contributed by atoms with E-state index in [0.717, 1.165) is 37.2 Å². The van der Waals surface area contributed by atoms with Gasteiger partial charge in [0.15, 0.2) is 0 Å². The molecule has 1 fully saturated rings. The smallest absolute Gasteiger partial charge is 0.122 e. The third-order valence-electron chi connectivity index (χ3n) is 4.76. The summed E-state index contributed by atoms with van der Waals surface area (Å²) in [7, 11) is 0. The Morgan fingerprint density at radius 3 is 2.94 bits per heavy atom. The summed E-state index contributed by atoms with van der Waals surface area (Å²) >= 11 is 0. The van der Waals surface area contributed by atoms with Crippen molar-refractivity contribution in [3.8, 4) is 5.75 Å². The molecule has 1 aromatic carbocycles. The third-order valence-corrected chi connectivity index (χ3v) is 4.76. The third kappa shape index (κ3) is 1.83. The fourth-order valence-electron chi connectivity index (χ4n) is 3.47. The van der Waals surface area contributed by atoms with Gasteiger partial charge in [-0.25, -0.2) is 0 Å². The number of benzene rings is 1. The van der Waals surface area contributed by atoms with Gasteiger partial charge >= 0.3 is 0 Å². The first kappa shape index (κ1) is 12.0. The van der Waals surface area contributed by atoms with Gasteiger partial charge in [-0.2, -0.15) is 0 Å². The number of ether oxygens (including phenoxy) is 1. The largest absolute Gasteiger partial charge is 0.493 e. The number of rotatable bonds is 1. The maximum atomic E-state index is 11.1. The van der Waals surface area contributed by atoms with Crippen LogP contribution in [0.3, 0.4) is 0 Å². The van der Waals surface area contributed by atoms with Crippen molar-refractivity contribution in [2.75, 3.05) is 6.61 Å². The van der Waals surface area contributed by atoms with Gasteiger partial charge in [-0.15, -0.1) is 0 Å². The van der Waals surface area contributed by atoms with Crippen LogP contribution in [-0.2, 0) is 12.0 Å². The van der Waals surface area contributed by atoms with Crippen LogP contribution in [0.15, 0.2) is 18.2 Å². The van der Waals surface area contributed by atoms with E-state index in [0.29, 0.717) is 11.8 Å². The van der Waals surface area contributed by atoms with Crippen molar-refractivity contribution in [1.82, 2.24) is 0 Å². The maximum absolute atomic E-state index is 11.1. The summed E-state index contributed by atoms with van der Waals surface area (Å²) in [5.41, 5.74) is 1.70. The molecule has 1 aromatic rings. The lowest BCUT2D eigenvalue weighted by molar-refractivity contribution is -0.0627. The Labute approximate surface area is 109 Å². The molecule has 18 heavy (non-hydrogen) atoms. The minimum absolute atomic E-state index is 0.342. The van der Waals surface area contributed by atoms with Crippen molar-refractivity contribution in [2.24, 2.45) is 11.8 Å². The Morgan fingerprint density at radius 2 is 2.11 bits per heavy atom. The van der Waals surface area contributed by atoms with E-state index in [1.54, 1.807) is 0 Å². The lowest BCUT2D eigenvalue weighted by atomic mass is 9.68. The van der Waals surface area contributed by atoms with Crippen molar-refractivity contribution in [2.45, 2.75) is 45.1 Å². The molecule has 0 amide bonds. The minimum Gasteiger partial charge on any atom is -0.493 e. The average molecular weight is 246 g/mol. The minimum atomic E-state index is -0.644. The molecule has 3 atom stereocenters. The van der Waals surface area contributed by atoms with Crippen molar-refractivity contribution < 1.29 is 9.84 Å². The maximum Gasteiger partial charge on any atom is 0.122 e. The molecule has 0 radical (unpaired) electrons. The molecule has 0 saturated heterocycles. The van der Waals surface area contributed by atoms with Crippen LogP contribution in [0.5, 0.6) is 5.75 Å². The van der Waals surface area contributed by atoms with Crippen molar-refractivity contribution in [3.05, 3.63) is 29.3 Å². The Kier molecular flexibility index (Phi) is 2.86. The zero-order valence-electron chi connectivity index (χ0n) is 11.3. The summed E-state index contributed by atoms with van der Waals surface area (Å²) in [5, 5.41) is 11.1. The van der Waals surface area contributed by atoms with E-state index in [1.165, 1.54) is 12.0 Å². The lowest BCUT2D eigenvalue weighted by Crippen LogP contribution is -2.39. The van der Waals surface area contributed by atoms with Gasteiger partial charge in [0.1, 0.15) is 5.75 Å². The van der Waals surface area contributed by atoms with Crippen LogP contribution in [0, 0.1) is 11.8 Å². The highest BCUT2D eigenvalue weighted by Gasteiger charge is 2.40. The van der Waals surface area contributed by atoms with Crippen LogP contribution >= 0.6 is 0 Å². The monoisotopic (exact) mass is 246 g/mol. The Morgan fingerprint density at radius 1 is 1.28 bits per heavy atom. The highest BCUT2D eigenvalue weighted by Crippen LogP contribution is 2.45. The van der Waals surface area contributed by atoms with E-state index in [4.69, 9.17) is 4.74 Å². The summed E-state index contributed by atoms with van der Waals surface area (Å²) in [5.74, 6) is 1.95. The predicted molar refractivity (Wildman–Crippen MR) is 71.7 cm³/mol. The number of hydrogen-bond donors (Lipinski definition) is 1. The normalized spacial score (nSPS) is 35.1. The van der Waals surface area contributed by atoms with Gasteiger partial charge in [-0.1, -0.05) is 26.3 Å². The molecule has 1 aliphatic carbocycles. The number of hydrogen-bond acceptors (Lipinski definition) is 2. The van der Waals surface area contributed by atoms with Crippen LogP contribution in [0.2, 0.25) is 0 Å². The van der Waals surface area contributed by atoms with Gasteiger partial charge in [0.05, 0.1) is 12.2 Å². The van der Waals surface area contributed by atoms with E-state index in [9.17, 15) is 5.11 Å². The van der Waals surface area contributed by atoms with Gasteiger partial charge < -0.3 is 9.84 Å². The number of aliphatic hydroxyl groups is 1. The molecule has 1 aliphatic heterocycles. The van der Waals surface area contributed by atoms with E-state index >= 15 is 0 Å². The Hall–Kier alpha value is -1.02. The molecule has 1 N–H and O–H groups in total. The molecular formula is C16H22O2. The number of fused-ring (bicyclic) bond motifs is 1. The molecular weight excluding hydrogens is 224 g/mol. The summed E-state index contributed by atoms with van der Waals surface area (Å²) in [6.07, 6.45) is 4.21. The average Bonchev–Trinajstić information content (AvgIpc) is 2.81. The van der Waals surface area contributed by atoms with Crippen molar-refractivity contribution >= 4 is 0 Å². The standard InChI is InChI=1S/C16H22O2/c1-11-3-4-12(2)16(17,10-11)14-5-6-15-13(9-14)7-8-18-15/h5-6,9,11-12,17H,3-4,7-8,10H2,1-2H3. The highest BCUT2D eigenvalue weighted by molar-refractivity contribution is 5.42. The first-order valence-electron chi connectivity index (χ1n) is 7.08. The van der Waals surface area contributed by atoms with Gasteiger partial charge in [0.2, 0.25) is 0 Å². The molecule has 3 rings (SSSR count). The van der Waals surface area contributed by atoms with Crippen LogP contribution in [0.25, 0.3) is 0 Å². The molecule has 98 valence electrons. The van der Waals surface area contributed by atoms with Gasteiger partial charge in [-0.05, 0) is 47.9 Å². The first-order valence-corrected chi connectivity index (χ1v) is 7.08. The molecule has 2 heteroatoms. The molecule has 1 saturated carbocycles. The van der Waals surface area contributed by atoms with Crippen LogP contribution in [0.1, 0.15) is 44.2 Å². The van der Waals surface area contributed by atoms with E-state index in [1.807, 2.05) is 6.07 Å². The SMILES string of the molecule is CC1CCC(C)C(O)(c2ccc3c(c2)CCO3)C1. The van der Waals surface area contributed by atoms with E-state index < -0.39 is 5.60 Å². The lowest BCUT2D eigenvalue weighted by Gasteiger charge is -2.41. The second-order valence-corrected chi connectivity index (χ2v) is 6.13. The topological polar surface area (TPSA) is 29.5 Å². The fraction of sp³-hybridized carbons (Fsp3) is 0.625. The van der Waals surface area contributed by atoms with Crippen LogP contribution in [-0.4, -0.2) is 11.7 Å². The van der Waals surface area contributed by atoms with Gasteiger partial charge in [0, 0.05) is 6.42 Å². The summed E-state index contributed by atoms with van der Waals surface area (Å²) in [6, 6.07) is 6.25. The molecule has 0 bridgehead atoms. The summed E-state index contributed by atoms with van der Waals surface area (Å²) < 4.78 is 5.54. The summed E-state index contributed by atoms with van der Waals surface area (Å²) in [6.45, 7) is 5.20. The molecule has 0 spiro atoms. The highest BCUT2D eigenvalue weighted by atomic mass is 16.5. The molecule has 1 heterocycles. The van der Waals surface area contributed by atoms with E-state index in [2.05, 4.69) is 26.0 Å². The predicted octanol–water partition coefficient (Wildman–Crippen LogP) is 3.27. The quantitative estimate of drug-likeness (QED) is 0.824. The summed E-state index contributed by atoms with van der Waals surface area (Å²) in [4.78, 5) is 0. The van der Waals surface area contributed by atoms with E-state index in [-0.39, 0.29) is 0 Å². The van der Waals surface area contributed by atoms with Gasteiger partial charge in [0.25, 0.3) is 0 Å². The molecule has 2 nitrogen and oxygen atoms in total. The van der Waals surface area contributed by atoms with Crippen molar-refractivity contribution in [1.29, 1.82) is 0 Å². The molecule has 2 aliphatic rings. The van der Waals surface area contributed by atoms with Crippen molar-refractivity contribution in [3.63, 3.8) is 0 Å². The Bertz CT molecular complexity index is 454. The fourth-order valence-corrected chi connectivity index (χ4v) is 3.47. The first-order chi connectivity index (χ1) is 8.59. The zero-order chi connectivity index (χ0) is 12.8. The molecule has 3 unspecified atom stereocenters. The van der Waals surface area contributed by atoms with Crippen LogP contribution < -0.4 is 4.74 Å². The van der Waals surface area contributed by atoms with Gasteiger partial charge in [-0.3, -0.25) is 0 Å². The zero-order valence-corrected chi connectivity index (χ0v) is 11.3. The second kappa shape index (κ2) is 4.27. The molecule has 0 aromatic heterocycles. The van der Waals surface area contributed by atoms with Crippen LogP contribution in [0.4, 0.5) is 0 Å².